The number of aromatic nitrogens is 12. The summed E-state index contributed by atoms with van der Waals surface area (Å²) in [6.07, 6.45) is 29.9. The van der Waals surface area contributed by atoms with Gasteiger partial charge in [-0.05, 0) is 307 Å². The summed E-state index contributed by atoms with van der Waals surface area (Å²) < 4.78 is 65.7. The van der Waals surface area contributed by atoms with Crippen molar-refractivity contribution in [2.24, 2.45) is 0 Å². The minimum atomic E-state index is -0.603. The van der Waals surface area contributed by atoms with Gasteiger partial charge in [-0.3, -0.25) is 56.7 Å². The van der Waals surface area contributed by atoms with Gasteiger partial charge in [-0.15, -0.1) is 0 Å². The van der Waals surface area contributed by atoms with Gasteiger partial charge < -0.3 is 43.3 Å². The zero-order valence-corrected chi connectivity index (χ0v) is 81.6. The standard InChI is InChI=1S/C29H28N4O3.C29H30N4O2.C28H24ClFN4O2.C28H27FN4O2.2CH4/c1-4-8-26(34)32-17-6-5-11-25(32)29-31-27(28-20(2)30-16-18-33(28)29)21-12-14-22(15-13-21)36-24-10-7-9-23(19-24)35-3;1-4-21-9-8-10-24(19-21)35-23-14-12-22(13-15-23)27-28-20(3)30-16-18-33(28)29(31-27)25-11-6-7-17-32(25)26(34)5-2;1-3-7-24(35)33-16-5-4-9-22(33)28-32-26(27-18(2)31-15-17-34(27)28)19-11-13-20(14-12-19)36-23-10-6-8-21(29)25(23)30;1-4-24(34)32-16-6-5-9-22(32)28-31-26(27-19(3)30-15-17-33(27)28)20-11-13-21(14-12-20)35-23-10-7-8-18(2)25(23)29;;/h7,9-10,12-16,18-19,25H,5-6,11,17H2,1-3H3;5,8-10,12-16,18-19,25H,2,4,6-7,11,17H2,1,3H3;6,8,10-15,17,22H,4-5,9,16H2,1-2H3;4,7-8,10-15,17,22H,1,5-6,9,16H2,2-3H3;2*1H4/t2*25-;2*22-;;/m0000../s1. The van der Waals surface area contributed by atoms with E-state index in [1.807, 2.05) is 202 Å². The van der Waals surface area contributed by atoms with Crippen molar-refractivity contribution in [3.05, 3.63) is 331 Å². The van der Waals surface area contributed by atoms with E-state index in [0.29, 0.717) is 48.2 Å². The van der Waals surface area contributed by atoms with Crippen LogP contribution in [0.1, 0.15) is 194 Å². The number of rotatable bonds is 20. The second-order valence-corrected chi connectivity index (χ2v) is 35.5. The molecule has 0 aliphatic carbocycles. The lowest BCUT2D eigenvalue weighted by molar-refractivity contribution is -0.130. The molecule has 4 aliphatic rings. The highest BCUT2D eigenvalue weighted by atomic mass is 35.5. The number of halogens is 3. The monoisotopic (exact) mass is 1950 g/mol. The average Bonchev–Trinajstić information content (AvgIpc) is 1.62. The number of methoxy groups -OCH3 is 1. The van der Waals surface area contributed by atoms with Gasteiger partial charge in [0.25, 0.3) is 11.8 Å². The number of ether oxygens (including phenoxy) is 5. The number of fused-ring (bicyclic) bond motifs is 4. The molecular weight excluding hydrogens is 1830 g/mol. The lowest BCUT2D eigenvalue weighted by Gasteiger charge is -2.34. The van der Waals surface area contributed by atoms with Crippen LogP contribution in [0.15, 0.2) is 257 Å². The molecule has 736 valence electrons. The Kier molecular flexibility index (Phi) is 33.0. The molecule has 8 aromatic heterocycles. The number of hydrogen-bond donors (Lipinski definition) is 0. The summed E-state index contributed by atoms with van der Waals surface area (Å²) in [5, 5.41) is 0.00395. The van der Waals surface area contributed by atoms with Gasteiger partial charge in [-0.2, -0.15) is 0 Å². The van der Waals surface area contributed by atoms with Crippen molar-refractivity contribution in [3.63, 3.8) is 0 Å². The Labute approximate surface area is 843 Å². The quantitative estimate of drug-likeness (QED) is 0.0508. The molecule has 4 amide bonds. The first-order valence-electron chi connectivity index (χ1n) is 47.9. The number of aryl methyl sites for hydroxylation is 6. The van der Waals surface area contributed by atoms with Gasteiger partial charge in [-0.1, -0.05) is 94.8 Å². The second-order valence-electron chi connectivity index (χ2n) is 35.1. The van der Waals surface area contributed by atoms with Crippen LogP contribution in [0.4, 0.5) is 8.78 Å². The lowest BCUT2D eigenvalue weighted by Crippen LogP contribution is -2.38. The molecule has 0 saturated carbocycles. The topological polar surface area (TPSA) is 248 Å². The molecule has 8 aromatic carbocycles. The van der Waals surface area contributed by atoms with Gasteiger partial charge in [0.1, 0.15) is 63.5 Å². The molecule has 0 spiro atoms. The van der Waals surface area contributed by atoms with Gasteiger partial charge in [-0.25, -0.2) is 28.7 Å². The maximum absolute atomic E-state index is 14.4. The van der Waals surface area contributed by atoms with E-state index in [9.17, 15) is 28.0 Å². The summed E-state index contributed by atoms with van der Waals surface area (Å²) in [5.41, 5.74) is 15.8. The van der Waals surface area contributed by atoms with Crippen LogP contribution in [0, 0.1) is 69.9 Å². The molecule has 0 unspecified atom stereocenters. The molecule has 4 fully saturated rings. The smallest absolute Gasteiger partial charge is 0.299 e. The minimum Gasteiger partial charge on any atom is -0.497 e. The van der Waals surface area contributed by atoms with E-state index >= 15 is 0 Å². The largest absolute Gasteiger partial charge is 0.497 e. The highest BCUT2D eigenvalue weighted by Gasteiger charge is 2.37. The summed E-state index contributed by atoms with van der Waals surface area (Å²) in [6, 6.07) is 55.4. The number of piperidine rings is 4. The zero-order valence-electron chi connectivity index (χ0n) is 80.8. The molecule has 28 heteroatoms. The van der Waals surface area contributed by atoms with Crippen LogP contribution in [0.2, 0.25) is 5.02 Å². The van der Waals surface area contributed by atoms with E-state index in [1.54, 1.807) is 89.1 Å². The maximum Gasteiger partial charge on any atom is 0.299 e. The molecule has 144 heavy (non-hydrogen) atoms. The molecule has 4 saturated heterocycles. The van der Waals surface area contributed by atoms with E-state index in [0.717, 1.165) is 220 Å². The number of amides is 4. The van der Waals surface area contributed by atoms with Crippen LogP contribution < -0.4 is 23.7 Å². The summed E-state index contributed by atoms with van der Waals surface area (Å²) in [5.74, 6) is 17.8. The molecule has 4 atom stereocenters. The van der Waals surface area contributed by atoms with Gasteiger partial charge in [0.2, 0.25) is 11.8 Å². The van der Waals surface area contributed by atoms with E-state index in [4.69, 9.17) is 55.2 Å². The Morgan fingerprint density at radius 2 is 0.708 bits per heavy atom. The number of carbonyl (C=O) groups is 4. The van der Waals surface area contributed by atoms with E-state index < -0.39 is 5.82 Å². The van der Waals surface area contributed by atoms with Crippen LogP contribution in [0.25, 0.3) is 67.1 Å². The van der Waals surface area contributed by atoms with Crippen LogP contribution in [0.5, 0.6) is 51.7 Å². The van der Waals surface area contributed by atoms with Crippen molar-refractivity contribution >= 4 is 57.3 Å². The highest BCUT2D eigenvalue weighted by molar-refractivity contribution is 6.30. The first-order chi connectivity index (χ1) is 69.1. The lowest BCUT2D eigenvalue weighted by atomic mass is 10.0. The maximum atomic E-state index is 14.4. The first-order valence-corrected chi connectivity index (χ1v) is 48.2. The van der Waals surface area contributed by atoms with Crippen molar-refractivity contribution in [3.8, 4) is 120 Å². The van der Waals surface area contributed by atoms with Crippen LogP contribution >= 0.6 is 11.6 Å². The summed E-state index contributed by atoms with van der Waals surface area (Å²) in [6.45, 7) is 25.2. The number of imidazole rings is 4. The average molecular weight is 1950 g/mol. The molecule has 25 nitrogen and oxygen atoms in total. The second kappa shape index (κ2) is 46.5. The fourth-order valence-corrected chi connectivity index (χ4v) is 19.2. The summed E-state index contributed by atoms with van der Waals surface area (Å²) >= 11 is 5.87. The molecule has 20 rings (SSSR count). The Morgan fingerprint density at radius 3 is 1.06 bits per heavy atom. The number of hydrogen-bond acceptors (Lipinski definition) is 17. The van der Waals surface area contributed by atoms with E-state index in [1.165, 1.54) is 29.8 Å². The zero-order chi connectivity index (χ0) is 99.2. The number of likely N-dealkylation sites (tertiary alicyclic amines) is 4. The first kappa shape index (κ1) is 102. The third kappa shape index (κ3) is 22.1. The number of nitrogens with zero attached hydrogens (tertiary/aromatic N) is 16. The Morgan fingerprint density at radius 1 is 0.396 bits per heavy atom. The van der Waals surface area contributed by atoms with Gasteiger partial charge in [0.15, 0.2) is 23.1 Å². The van der Waals surface area contributed by atoms with Crippen molar-refractivity contribution < 1.29 is 51.6 Å². The van der Waals surface area contributed by atoms with Crippen molar-refractivity contribution in [1.82, 2.24) is 77.1 Å². The fraction of sp³-hybridized carbons (Fsp3) is 0.276. The van der Waals surface area contributed by atoms with Crippen LogP contribution in [-0.4, -0.2) is 134 Å². The van der Waals surface area contributed by atoms with Crippen molar-refractivity contribution in [2.75, 3.05) is 33.3 Å². The number of benzene rings is 8. The van der Waals surface area contributed by atoms with Crippen LogP contribution in [0.3, 0.4) is 0 Å². The number of carbonyl (C=O) groups excluding carboxylic acids is 4. The third-order valence-electron chi connectivity index (χ3n) is 26.0. The Bertz CT molecular complexity index is 7520. The van der Waals surface area contributed by atoms with Gasteiger partial charge in [0.05, 0.1) is 104 Å². The molecule has 0 N–H and O–H groups in total. The fourth-order valence-electron chi connectivity index (χ4n) is 19.0. The summed E-state index contributed by atoms with van der Waals surface area (Å²) in [4.78, 5) is 96.5. The molecule has 0 radical (unpaired) electrons. The predicted octanol–water partition coefficient (Wildman–Crippen LogP) is 25.7. The molecular formula is C116H117ClF2N16O9. The third-order valence-corrected chi connectivity index (χ3v) is 26.3. The van der Waals surface area contributed by atoms with Gasteiger partial charge >= 0.3 is 0 Å². The van der Waals surface area contributed by atoms with E-state index in [-0.39, 0.29) is 85.0 Å². The van der Waals surface area contributed by atoms with Crippen LogP contribution in [-0.2, 0) is 25.6 Å². The van der Waals surface area contributed by atoms with Crippen molar-refractivity contribution in [2.45, 2.75) is 178 Å². The Balaban J connectivity index is 0.000000144. The Hall–Kier alpha value is -16.1. The highest BCUT2D eigenvalue weighted by Crippen LogP contribution is 2.44. The minimum absolute atomic E-state index is 0. The van der Waals surface area contributed by atoms with E-state index in [2.05, 4.69) is 84.6 Å². The molecule has 0 bridgehead atoms. The predicted molar refractivity (Wildman–Crippen MR) is 558 cm³/mol. The summed E-state index contributed by atoms with van der Waals surface area (Å²) in [7, 11) is 1.63. The molecule has 16 aromatic rings. The molecule has 12 heterocycles. The molecule has 4 aliphatic heterocycles. The van der Waals surface area contributed by atoms with Gasteiger partial charge in [0, 0.05) is 104 Å². The normalized spacial score (nSPS) is 15.4. The SMILES string of the molecule is C.C.C=CC(=O)N1CCCC[C@H]1c1nc(-c2ccc(Oc3cccc(C)c3F)cc2)c2c(C)nccn12.C=CC(=O)N1CCCC[C@H]1c1nc(-c2ccc(Oc3cccc(CC)c3)cc2)c2c(C)nccn12.CC#CC(=O)N1CCCC[C@H]1c1nc(-c2ccc(Oc3cccc(Cl)c3F)cc2)c2c(C)nccn12.CC#CC(=O)N1CCCC[C@H]1c1nc(-c2ccc(Oc3cccc(OC)c3)cc2)c2c(C)nccn12. The van der Waals surface area contributed by atoms with Crippen molar-refractivity contribution in [1.29, 1.82) is 0 Å².